The molecule has 0 aliphatic carbocycles. The molecule has 5 aromatic carbocycles. The molecule has 1 aliphatic rings. The van der Waals surface area contributed by atoms with Crippen LogP contribution in [0.5, 0.6) is 11.5 Å². The number of halogens is 6. The number of fused-ring (bicyclic) bond motifs is 5. The van der Waals surface area contributed by atoms with Gasteiger partial charge in [-0.25, -0.2) is 0 Å². The van der Waals surface area contributed by atoms with Gasteiger partial charge in [-0.1, -0.05) is 80.6 Å². The summed E-state index contributed by atoms with van der Waals surface area (Å²) in [7, 11) is 0. The van der Waals surface area contributed by atoms with Crippen LogP contribution in [-0.2, 0) is 17.8 Å². The lowest BCUT2D eigenvalue weighted by Crippen LogP contribution is -2.24. The molecule has 1 aliphatic heterocycles. The molecule has 0 saturated heterocycles. The van der Waals surface area contributed by atoms with Gasteiger partial charge in [0.1, 0.15) is 11.5 Å². The minimum absolute atomic E-state index is 0.173. The zero-order valence-corrected chi connectivity index (χ0v) is 22.9. The summed E-state index contributed by atoms with van der Waals surface area (Å²) in [5, 5.41) is 0.992. The maximum Gasteiger partial charge on any atom is 0.418 e. The number of para-hydroxylation sites is 2. The Kier molecular flexibility index (Phi) is 5.77. The fourth-order valence-corrected chi connectivity index (χ4v) is 6.25. The molecule has 2 heterocycles. The summed E-state index contributed by atoms with van der Waals surface area (Å²) >= 11 is 0. The minimum Gasteiger partial charge on any atom is -0.457 e. The molecule has 8 heteroatoms. The third-order valence-electron chi connectivity index (χ3n) is 8.28. The van der Waals surface area contributed by atoms with Crippen molar-refractivity contribution < 1.29 is 31.1 Å². The second kappa shape index (κ2) is 9.14. The second-order valence-corrected chi connectivity index (χ2v) is 11.2. The molecule has 43 heavy (non-hydrogen) atoms. The molecule has 0 N–H and O–H groups in total. The van der Waals surface area contributed by atoms with E-state index in [1.54, 1.807) is 54.6 Å². The predicted molar refractivity (Wildman–Crippen MR) is 155 cm³/mol. The highest BCUT2D eigenvalue weighted by Crippen LogP contribution is 2.52. The highest BCUT2D eigenvalue weighted by molar-refractivity contribution is 6.10. The average Bonchev–Trinajstić information content (AvgIpc) is 3.28. The molecule has 7 rings (SSSR count). The van der Waals surface area contributed by atoms with Crippen LogP contribution in [0.15, 0.2) is 103 Å². The Morgan fingerprint density at radius 3 is 1.84 bits per heavy atom. The third kappa shape index (κ3) is 4.19. The van der Waals surface area contributed by atoms with E-state index in [1.165, 1.54) is 12.1 Å². The fraction of sp³-hybridized carbons (Fsp3) is 0.143. The summed E-state index contributed by atoms with van der Waals surface area (Å²) in [4.78, 5) is 0. The van der Waals surface area contributed by atoms with Crippen molar-refractivity contribution in [3.63, 3.8) is 0 Å². The van der Waals surface area contributed by atoms with Gasteiger partial charge in [-0.2, -0.15) is 26.3 Å². The van der Waals surface area contributed by atoms with Crippen molar-refractivity contribution in [2.24, 2.45) is 0 Å². The number of hydrogen-bond acceptors (Lipinski definition) is 1. The maximum atomic E-state index is 14.9. The Morgan fingerprint density at radius 2 is 1.16 bits per heavy atom. The zero-order chi connectivity index (χ0) is 30.3. The molecular formula is C35H23F6NO. The molecule has 0 fully saturated rings. The highest BCUT2D eigenvalue weighted by Gasteiger charge is 2.43. The number of aromatic nitrogens is 1. The van der Waals surface area contributed by atoms with Gasteiger partial charge in [0, 0.05) is 27.3 Å². The van der Waals surface area contributed by atoms with Gasteiger partial charge in [0.2, 0.25) is 0 Å². The largest absolute Gasteiger partial charge is 0.457 e. The number of alkyl halides is 6. The number of hydrogen-bond donors (Lipinski definition) is 0. The first kappa shape index (κ1) is 27.1. The number of benzene rings is 5. The highest BCUT2D eigenvalue weighted by atomic mass is 19.4. The summed E-state index contributed by atoms with van der Waals surface area (Å²) in [6.07, 6.45) is -10.2. The van der Waals surface area contributed by atoms with Gasteiger partial charge < -0.3 is 9.30 Å². The van der Waals surface area contributed by atoms with E-state index < -0.39 is 34.6 Å². The van der Waals surface area contributed by atoms with Gasteiger partial charge in [-0.3, -0.25) is 0 Å². The number of ether oxygens (including phenoxy) is 1. The summed E-state index contributed by atoms with van der Waals surface area (Å²) in [6, 6.07) is 26.8. The first-order chi connectivity index (χ1) is 20.4. The topological polar surface area (TPSA) is 14.2 Å². The van der Waals surface area contributed by atoms with Crippen molar-refractivity contribution in [3.05, 3.63) is 125 Å². The van der Waals surface area contributed by atoms with Crippen molar-refractivity contribution >= 4 is 21.8 Å². The molecule has 6 aromatic rings. The quantitative estimate of drug-likeness (QED) is 0.184. The van der Waals surface area contributed by atoms with Crippen molar-refractivity contribution in [1.29, 1.82) is 0 Å². The lowest BCUT2D eigenvalue weighted by Gasteiger charge is -2.34. The smallest absolute Gasteiger partial charge is 0.418 e. The zero-order valence-electron chi connectivity index (χ0n) is 22.9. The van der Waals surface area contributed by atoms with Gasteiger partial charge >= 0.3 is 12.4 Å². The van der Waals surface area contributed by atoms with Crippen molar-refractivity contribution in [1.82, 2.24) is 4.57 Å². The molecule has 0 saturated carbocycles. The molecule has 0 bridgehead atoms. The van der Waals surface area contributed by atoms with E-state index in [9.17, 15) is 26.3 Å². The van der Waals surface area contributed by atoms with Gasteiger partial charge in [-0.05, 0) is 47.5 Å². The summed E-state index contributed by atoms with van der Waals surface area (Å²) in [5.74, 6) is 1.16. The molecule has 0 unspecified atom stereocenters. The van der Waals surface area contributed by atoms with E-state index >= 15 is 0 Å². The number of nitrogens with zero attached hydrogens (tertiary/aromatic N) is 1. The van der Waals surface area contributed by atoms with E-state index in [4.69, 9.17) is 4.74 Å². The van der Waals surface area contributed by atoms with E-state index in [1.807, 2.05) is 38.1 Å². The monoisotopic (exact) mass is 587 g/mol. The summed E-state index contributed by atoms with van der Waals surface area (Å²) in [5.41, 5.74) is -2.30. The fourth-order valence-electron chi connectivity index (χ4n) is 6.25. The molecule has 1 aromatic heterocycles. The Labute approximate surface area is 242 Å². The van der Waals surface area contributed by atoms with E-state index in [0.717, 1.165) is 22.3 Å². The van der Waals surface area contributed by atoms with Gasteiger partial charge in [0.05, 0.1) is 27.8 Å². The van der Waals surface area contributed by atoms with Gasteiger partial charge in [0.25, 0.3) is 0 Å². The summed E-state index contributed by atoms with van der Waals surface area (Å²) < 4.78 is 96.5. The van der Waals surface area contributed by atoms with Crippen LogP contribution in [-0.4, -0.2) is 4.57 Å². The first-order valence-electron chi connectivity index (χ1n) is 13.6. The standard InChI is InChI=1S/C35H23F6NO/c1-33(2)24-13-7-9-15-30(24)43-31-18-23-22-12-6-8-14-28(22)42(29(23)19-25(31)33)32-26(34(36,37)38)16-21(17-27(32)35(39,40)41)20-10-4-3-5-11-20/h3-19H,1-2H3. The van der Waals surface area contributed by atoms with Gasteiger partial charge in [-0.15, -0.1) is 0 Å². The Balaban J connectivity index is 1.62. The minimum atomic E-state index is -5.09. The maximum absolute atomic E-state index is 14.9. The molecule has 0 atom stereocenters. The first-order valence-corrected chi connectivity index (χ1v) is 13.6. The average molecular weight is 588 g/mol. The van der Waals surface area contributed by atoms with Crippen molar-refractivity contribution in [2.75, 3.05) is 0 Å². The SMILES string of the molecule is CC1(C)c2ccccc2Oc2cc3c4ccccc4n(-c4c(C(F)(F)F)cc(-c5ccccc5)cc4C(F)(F)F)c3cc21. The van der Waals surface area contributed by atoms with Crippen molar-refractivity contribution in [2.45, 2.75) is 31.6 Å². The van der Waals surface area contributed by atoms with E-state index in [2.05, 4.69) is 0 Å². The van der Waals surface area contributed by atoms with Crippen molar-refractivity contribution in [3.8, 4) is 28.3 Å². The van der Waals surface area contributed by atoms with E-state index in [0.29, 0.717) is 27.8 Å². The van der Waals surface area contributed by atoms with Crippen LogP contribution in [0.2, 0.25) is 0 Å². The lowest BCUT2D eigenvalue weighted by molar-refractivity contribution is -0.142. The van der Waals surface area contributed by atoms with Crippen LogP contribution < -0.4 is 4.74 Å². The van der Waals surface area contributed by atoms with Crippen LogP contribution in [0.25, 0.3) is 38.6 Å². The third-order valence-corrected chi connectivity index (χ3v) is 8.28. The van der Waals surface area contributed by atoms with Crippen LogP contribution in [0, 0.1) is 0 Å². The molecule has 0 amide bonds. The van der Waals surface area contributed by atoms with E-state index in [-0.39, 0.29) is 22.2 Å². The number of rotatable bonds is 2. The lowest BCUT2D eigenvalue weighted by atomic mass is 9.75. The van der Waals surface area contributed by atoms with Gasteiger partial charge in [0.15, 0.2) is 0 Å². The summed E-state index contributed by atoms with van der Waals surface area (Å²) in [6.45, 7) is 3.92. The predicted octanol–water partition coefficient (Wildman–Crippen LogP) is 10.9. The van der Waals surface area contributed by atoms with Crippen LogP contribution in [0.4, 0.5) is 26.3 Å². The van der Waals surface area contributed by atoms with Crippen LogP contribution >= 0.6 is 0 Å². The van der Waals surface area contributed by atoms with Crippen LogP contribution in [0.1, 0.15) is 36.1 Å². The molecule has 2 nitrogen and oxygen atoms in total. The Bertz CT molecular complexity index is 2020. The molecule has 216 valence electrons. The normalized spacial score (nSPS) is 14.4. The second-order valence-electron chi connectivity index (χ2n) is 11.2. The molecular weight excluding hydrogens is 564 g/mol. The Morgan fingerprint density at radius 1 is 0.558 bits per heavy atom. The van der Waals surface area contributed by atoms with Crippen LogP contribution in [0.3, 0.4) is 0 Å². The molecule has 0 spiro atoms. The Hall–Kier alpha value is -4.72. The molecule has 0 radical (unpaired) electrons.